The maximum Gasteiger partial charge on any atom is 0.252 e. The van der Waals surface area contributed by atoms with E-state index in [1.165, 1.54) is 0 Å². The van der Waals surface area contributed by atoms with Gasteiger partial charge in [-0.1, -0.05) is 41.9 Å². The minimum absolute atomic E-state index is 0. The van der Waals surface area contributed by atoms with Gasteiger partial charge in [0.1, 0.15) is 0 Å². The van der Waals surface area contributed by atoms with Crippen LogP contribution in [0.5, 0.6) is 0 Å². The lowest BCUT2D eigenvalue weighted by Gasteiger charge is -2.13. The number of anilines is 1. The van der Waals surface area contributed by atoms with Crippen molar-refractivity contribution < 1.29 is 9.59 Å². The van der Waals surface area contributed by atoms with Crippen LogP contribution in [0.2, 0.25) is 5.02 Å². The van der Waals surface area contributed by atoms with E-state index < -0.39 is 0 Å². The van der Waals surface area contributed by atoms with Crippen LogP contribution < -0.4 is 16.4 Å². The quantitative estimate of drug-likeness (QED) is 0.715. The topological polar surface area (TPSA) is 84.2 Å². The van der Waals surface area contributed by atoms with E-state index in [0.717, 1.165) is 5.56 Å². The molecule has 0 heterocycles. The van der Waals surface area contributed by atoms with Crippen molar-refractivity contribution in [2.45, 2.75) is 19.4 Å². The Labute approximate surface area is 158 Å². The highest BCUT2D eigenvalue weighted by molar-refractivity contribution is 6.34. The average Bonchev–Trinajstić information content (AvgIpc) is 2.57. The largest absolute Gasteiger partial charge is 0.352 e. The van der Waals surface area contributed by atoms with Crippen molar-refractivity contribution in [2.24, 2.45) is 5.73 Å². The van der Waals surface area contributed by atoms with E-state index in [9.17, 15) is 9.59 Å². The van der Waals surface area contributed by atoms with Gasteiger partial charge in [-0.25, -0.2) is 0 Å². The first-order chi connectivity index (χ1) is 11.5. The number of amides is 2. The van der Waals surface area contributed by atoms with Crippen LogP contribution in [0.3, 0.4) is 0 Å². The van der Waals surface area contributed by atoms with Crippen LogP contribution in [0, 0.1) is 0 Å². The molecule has 0 bridgehead atoms. The van der Waals surface area contributed by atoms with Crippen LogP contribution in [0.4, 0.5) is 5.69 Å². The third-order valence-electron chi connectivity index (χ3n) is 3.47. The Bertz CT molecular complexity index is 724. The Kier molecular flexibility index (Phi) is 8.41. The fourth-order valence-electron chi connectivity index (χ4n) is 2.26. The van der Waals surface area contributed by atoms with E-state index in [2.05, 4.69) is 10.6 Å². The molecule has 0 aliphatic carbocycles. The van der Waals surface area contributed by atoms with Crippen molar-refractivity contribution in [3.8, 4) is 0 Å². The predicted octanol–water partition coefficient (Wildman–Crippen LogP) is 3.54. The van der Waals surface area contributed by atoms with E-state index in [1.54, 1.807) is 18.2 Å². The Hall–Kier alpha value is -2.08. The summed E-state index contributed by atoms with van der Waals surface area (Å²) < 4.78 is 0. The van der Waals surface area contributed by atoms with Crippen molar-refractivity contribution in [3.05, 3.63) is 64.7 Å². The van der Waals surface area contributed by atoms with Crippen molar-refractivity contribution in [3.63, 3.8) is 0 Å². The fourth-order valence-corrected chi connectivity index (χ4v) is 2.47. The maximum absolute atomic E-state index is 12.2. The van der Waals surface area contributed by atoms with E-state index in [4.69, 9.17) is 17.3 Å². The van der Waals surface area contributed by atoms with Crippen LogP contribution in [0.15, 0.2) is 48.5 Å². The van der Waals surface area contributed by atoms with Crippen LogP contribution >= 0.6 is 24.0 Å². The first kappa shape index (κ1) is 21.0. The summed E-state index contributed by atoms with van der Waals surface area (Å²) >= 11 is 6.03. The molecule has 2 rings (SSSR count). The molecule has 25 heavy (non-hydrogen) atoms. The van der Waals surface area contributed by atoms with Gasteiger partial charge in [-0.2, -0.15) is 0 Å². The fraction of sp³-hybridized carbons (Fsp3) is 0.222. The molecular weight excluding hydrogens is 361 g/mol. The number of nitrogens with one attached hydrogen (secondary N) is 2. The predicted molar refractivity (Wildman–Crippen MR) is 103 cm³/mol. The summed E-state index contributed by atoms with van der Waals surface area (Å²) in [6.07, 6.45) is 0.142. The molecule has 0 aromatic heterocycles. The Morgan fingerprint density at radius 1 is 1.16 bits per heavy atom. The number of carbonyl (C=O) groups is 2. The van der Waals surface area contributed by atoms with Crippen molar-refractivity contribution in [2.75, 3.05) is 11.9 Å². The molecule has 0 fully saturated rings. The number of carbonyl (C=O) groups excluding carboxylic acids is 2. The number of rotatable bonds is 6. The molecular formula is C18H21Cl2N3O2. The Morgan fingerprint density at radius 3 is 2.48 bits per heavy atom. The standard InChI is InChI=1S/C18H20ClN3O2.ClH/c1-2-21-18(24)14-10-13(8-9-15(14)19)22-17(23)11-16(20)12-6-4-3-5-7-12;/h3-10,16H,2,11,20H2,1H3,(H,21,24)(H,22,23);1H. The van der Waals surface area contributed by atoms with Crippen molar-refractivity contribution in [1.29, 1.82) is 0 Å². The molecule has 2 aromatic rings. The van der Waals surface area contributed by atoms with Crippen LogP contribution in [0.1, 0.15) is 35.3 Å². The maximum atomic E-state index is 12.2. The summed E-state index contributed by atoms with van der Waals surface area (Å²) in [6, 6.07) is 13.8. The molecule has 0 aliphatic heterocycles. The second-order valence-electron chi connectivity index (χ2n) is 5.32. The summed E-state index contributed by atoms with van der Waals surface area (Å²) in [5.41, 5.74) is 7.77. The highest BCUT2D eigenvalue weighted by atomic mass is 35.5. The lowest BCUT2D eigenvalue weighted by Crippen LogP contribution is -2.24. The molecule has 0 radical (unpaired) electrons. The number of nitrogens with two attached hydrogens (primary N) is 1. The van der Waals surface area contributed by atoms with Gasteiger partial charge in [-0.15, -0.1) is 12.4 Å². The van der Waals surface area contributed by atoms with Crippen molar-refractivity contribution >= 4 is 41.5 Å². The summed E-state index contributed by atoms with van der Waals surface area (Å²) in [7, 11) is 0. The van der Waals surface area contributed by atoms with Crippen molar-refractivity contribution in [1.82, 2.24) is 5.32 Å². The second kappa shape index (κ2) is 10.0. The second-order valence-corrected chi connectivity index (χ2v) is 5.73. The summed E-state index contributed by atoms with van der Waals surface area (Å²) in [4.78, 5) is 24.1. The molecule has 2 amide bonds. The number of hydrogen-bond donors (Lipinski definition) is 3. The normalized spacial score (nSPS) is 11.2. The van der Waals surface area contributed by atoms with Crippen LogP contribution in [0.25, 0.3) is 0 Å². The molecule has 4 N–H and O–H groups in total. The molecule has 7 heteroatoms. The smallest absolute Gasteiger partial charge is 0.252 e. The van der Waals surface area contributed by atoms with Crippen LogP contribution in [-0.4, -0.2) is 18.4 Å². The van der Waals surface area contributed by atoms with Gasteiger partial charge in [0.25, 0.3) is 5.91 Å². The minimum Gasteiger partial charge on any atom is -0.352 e. The molecule has 0 saturated heterocycles. The third kappa shape index (κ3) is 6.05. The molecule has 2 aromatic carbocycles. The SMILES string of the molecule is CCNC(=O)c1cc(NC(=O)CC(N)c2ccccc2)ccc1Cl.Cl. The van der Waals surface area contributed by atoms with Gasteiger partial charge in [0, 0.05) is 24.7 Å². The molecule has 1 atom stereocenters. The van der Waals surface area contributed by atoms with E-state index >= 15 is 0 Å². The lowest BCUT2D eigenvalue weighted by atomic mass is 10.0. The van der Waals surface area contributed by atoms with Gasteiger partial charge in [0.15, 0.2) is 0 Å². The molecule has 1 unspecified atom stereocenters. The van der Waals surface area contributed by atoms with Crippen LogP contribution in [-0.2, 0) is 4.79 Å². The zero-order valence-electron chi connectivity index (χ0n) is 13.8. The number of hydrogen-bond acceptors (Lipinski definition) is 3. The minimum atomic E-state index is -0.388. The zero-order valence-corrected chi connectivity index (χ0v) is 15.4. The first-order valence-electron chi connectivity index (χ1n) is 7.69. The molecule has 0 saturated carbocycles. The molecule has 0 aliphatic rings. The summed E-state index contributed by atoms with van der Waals surface area (Å²) in [5.74, 6) is -0.505. The monoisotopic (exact) mass is 381 g/mol. The zero-order chi connectivity index (χ0) is 17.5. The van der Waals surface area contributed by atoms with E-state index in [-0.39, 0.29) is 36.7 Å². The van der Waals surface area contributed by atoms with Gasteiger partial charge in [-0.3, -0.25) is 9.59 Å². The molecule has 0 spiro atoms. The molecule has 5 nitrogen and oxygen atoms in total. The van der Waals surface area contributed by atoms with E-state index in [1.807, 2.05) is 37.3 Å². The summed E-state index contributed by atoms with van der Waals surface area (Å²) in [6.45, 7) is 2.32. The summed E-state index contributed by atoms with van der Waals surface area (Å²) in [5, 5.41) is 5.76. The Morgan fingerprint density at radius 2 is 1.84 bits per heavy atom. The highest BCUT2D eigenvalue weighted by Crippen LogP contribution is 2.21. The van der Waals surface area contributed by atoms with Gasteiger partial charge in [0.05, 0.1) is 10.6 Å². The number of halogens is 2. The van der Waals surface area contributed by atoms with Gasteiger partial charge in [0.2, 0.25) is 5.91 Å². The highest BCUT2D eigenvalue weighted by Gasteiger charge is 2.14. The molecule has 134 valence electrons. The Balaban J connectivity index is 0.00000312. The third-order valence-corrected chi connectivity index (χ3v) is 3.79. The van der Waals surface area contributed by atoms with Gasteiger partial charge in [-0.05, 0) is 30.7 Å². The lowest BCUT2D eigenvalue weighted by molar-refractivity contribution is -0.116. The first-order valence-corrected chi connectivity index (χ1v) is 8.07. The number of benzene rings is 2. The van der Waals surface area contributed by atoms with Gasteiger partial charge < -0.3 is 16.4 Å². The van der Waals surface area contributed by atoms with E-state index in [0.29, 0.717) is 22.8 Å². The average molecular weight is 382 g/mol. The van der Waals surface area contributed by atoms with Gasteiger partial charge >= 0.3 is 0 Å².